The van der Waals surface area contributed by atoms with Gasteiger partial charge in [-0.05, 0) is 48.8 Å². The lowest BCUT2D eigenvalue weighted by Gasteiger charge is -2.20. The normalized spacial score (nSPS) is 26.7. The van der Waals surface area contributed by atoms with Gasteiger partial charge in [-0.15, -0.1) is 0 Å². The molecular weight excluding hydrogens is 368 g/mol. The van der Waals surface area contributed by atoms with Gasteiger partial charge in [-0.2, -0.15) is 0 Å². The zero-order chi connectivity index (χ0) is 28.8. The summed E-state index contributed by atoms with van der Waals surface area (Å²) in [5.41, 5.74) is 3.17. The highest BCUT2D eigenvalue weighted by Crippen LogP contribution is 2.38. The SMILES string of the molecule is [2H]C([2H])([2H])C([2H])(C)c1cc[n+](C)c(-c2c(C)ccc3c2oc2nc(C4([2H])C([2H])([2H])CCCC4([2H])[2H])ccc23)c1. The molecule has 5 rings (SSSR count). The smallest absolute Gasteiger partial charge is 0.227 e. The number of hydrogen-bond donors (Lipinski definition) is 0. The molecule has 1 fully saturated rings. The maximum atomic E-state index is 9.03. The van der Waals surface area contributed by atoms with Crippen molar-refractivity contribution < 1.29 is 21.3 Å². The lowest BCUT2D eigenvalue weighted by Crippen LogP contribution is -2.31. The second-order valence-corrected chi connectivity index (χ2v) is 7.90. The molecule has 30 heavy (non-hydrogen) atoms. The first-order valence-electron chi connectivity index (χ1n) is 14.8. The molecule has 1 aliphatic rings. The van der Waals surface area contributed by atoms with Crippen LogP contribution in [-0.2, 0) is 7.05 Å². The van der Waals surface area contributed by atoms with Gasteiger partial charge >= 0.3 is 0 Å². The van der Waals surface area contributed by atoms with E-state index in [1.807, 2.05) is 30.7 Å². The summed E-state index contributed by atoms with van der Waals surface area (Å²) >= 11 is 0. The summed E-state index contributed by atoms with van der Waals surface area (Å²) in [7, 11) is 1.82. The highest BCUT2D eigenvalue weighted by Gasteiger charge is 2.23. The zero-order valence-electron chi connectivity index (χ0n) is 26.5. The fraction of sp³-hybridized carbons (Fsp3) is 0.407. The highest BCUT2D eigenvalue weighted by molar-refractivity contribution is 6.08. The number of aryl methyl sites for hydroxylation is 2. The number of nitrogens with zero attached hydrogens (tertiary/aromatic N) is 2. The number of aromatic nitrogens is 2. The summed E-state index contributed by atoms with van der Waals surface area (Å²) in [4.78, 5) is 4.53. The number of furan rings is 1. The van der Waals surface area contributed by atoms with Crippen LogP contribution < -0.4 is 4.57 Å². The van der Waals surface area contributed by atoms with Gasteiger partial charge in [-0.25, -0.2) is 9.55 Å². The third kappa shape index (κ3) is 3.21. The van der Waals surface area contributed by atoms with Crippen LogP contribution in [0.1, 0.15) is 86.7 Å². The van der Waals surface area contributed by atoms with E-state index < -0.39 is 31.4 Å². The number of pyridine rings is 2. The number of benzene rings is 1. The van der Waals surface area contributed by atoms with Gasteiger partial charge < -0.3 is 4.42 Å². The summed E-state index contributed by atoms with van der Waals surface area (Å²) in [6.07, 6.45) is -2.04. The maximum absolute atomic E-state index is 9.03. The van der Waals surface area contributed by atoms with E-state index in [4.69, 9.17) is 16.8 Å². The van der Waals surface area contributed by atoms with Crippen molar-refractivity contribution >= 4 is 22.1 Å². The van der Waals surface area contributed by atoms with E-state index in [0.717, 1.165) is 10.9 Å². The Balaban J connectivity index is 1.74. The summed E-state index contributed by atoms with van der Waals surface area (Å²) in [5.74, 6) is -4.04. The zero-order valence-corrected chi connectivity index (χ0v) is 17.5. The van der Waals surface area contributed by atoms with E-state index in [9.17, 15) is 0 Å². The molecule has 3 aromatic heterocycles. The van der Waals surface area contributed by atoms with E-state index in [1.54, 1.807) is 24.4 Å². The van der Waals surface area contributed by atoms with Gasteiger partial charge in [0.25, 0.3) is 0 Å². The average molecular weight is 409 g/mol. The Bertz CT molecular complexity index is 1590. The minimum Gasteiger partial charge on any atom is -0.437 e. The van der Waals surface area contributed by atoms with Crippen LogP contribution in [0.15, 0.2) is 47.0 Å². The van der Waals surface area contributed by atoms with E-state index in [2.05, 4.69) is 4.98 Å². The lowest BCUT2D eigenvalue weighted by atomic mass is 9.86. The van der Waals surface area contributed by atoms with Gasteiger partial charge in [0.1, 0.15) is 7.05 Å². The number of hydrogen-bond acceptors (Lipinski definition) is 2. The molecule has 1 aromatic carbocycles. The van der Waals surface area contributed by atoms with Gasteiger partial charge in [-0.3, -0.25) is 0 Å². The molecule has 3 heteroatoms. The molecule has 154 valence electrons. The fourth-order valence-corrected chi connectivity index (χ4v) is 4.09. The average Bonchev–Trinajstić information content (AvgIpc) is 3.19. The molecule has 3 nitrogen and oxygen atoms in total. The predicted octanol–water partition coefficient (Wildman–Crippen LogP) is 6.95. The molecule has 1 saturated carbocycles. The monoisotopic (exact) mass is 408 g/mol. The molecule has 0 bridgehead atoms. The fourth-order valence-electron chi connectivity index (χ4n) is 4.09. The van der Waals surface area contributed by atoms with Gasteiger partial charge in [0.05, 0.1) is 5.56 Å². The van der Waals surface area contributed by atoms with Crippen molar-refractivity contribution in [2.45, 2.75) is 64.5 Å². The molecule has 0 spiro atoms. The first-order valence-corrected chi connectivity index (χ1v) is 10.3. The van der Waals surface area contributed by atoms with E-state index >= 15 is 0 Å². The maximum Gasteiger partial charge on any atom is 0.227 e. The molecule has 0 radical (unpaired) electrons. The number of fused-ring (bicyclic) bond motifs is 3. The van der Waals surface area contributed by atoms with Crippen molar-refractivity contribution in [2.24, 2.45) is 7.05 Å². The van der Waals surface area contributed by atoms with Crippen molar-refractivity contribution in [1.82, 2.24) is 4.98 Å². The van der Waals surface area contributed by atoms with Crippen LogP contribution in [0, 0.1) is 6.92 Å². The standard InChI is InChI=1S/C27H31N2O/c1-17(2)20-14-15-29(4)24(16-20)25-18(3)10-11-21-22-12-13-23(19-8-6-5-7-9-19)28-27(22)30-26(21)25/h10-17,19H,5-9H2,1-4H3/q+1/i1D3,8D2,9D2,17D,19D. The van der Waals surface area contributed by atoms with E-state index in [-0.39, 0.29) is 24.2 Å². The second kappa shape index (κ2) is 7.54. The Morgan fingerprint density at radius 3 is 2.80 bits per heavy atom. The first kappa shape index (κ1) is 11.6. The summed E-state index contributed by atoms with van der Waals surface area (Å²) in [6.45, 7) is 0.742. The van der Waals surface area contributed by atoms with Crippen molar-refractivity contribution in [1.29, 1.82) is 0 Å². The third-order valence-electron chi connectivity index (χ3n) is 5.77. The van der Waals surface area contributed by atoms with Crippen molar-refractivity contribution in [2.75, 3.05) is 0 Å². The molecule has 0 amide bonds. The minimum atomic E-state index is -2.54. The molecule has 0 N–H and O–H groups in total. The van der Waals surface area contributed by atoms with Crippen LogP contribution in [0.25, 0.3) is 33.3 Å². The summed E-state index contributed by atoms with van der Waals surface area (Å²) < 4.78 is 83.3. The van der Waals surface area contributed by atoms with Crippen molar-refractivity contribution in [3.05, 3.63) is 59.4 Å². The van der Waals surface area contributed by atoms with Crippen LogP contribution in [0.5, 0.6) is 0 Å². The number of rotatable bonds is 3. The Morgan fingerprint density at radius 2 is 2.00 bits per heavy atom. The van der Waals surface area contributed by atoms with Crippen molar-refractivity contribution in [3.63, 3.8) is 0 Å². The third-order valence-corrected chi connectivity index (χ3v) is 5.77. The Kier molecular flexibility index (Phi) is 2.92. The topological polar surface area (TPSA) is 29.9 Å². The Morgan fingerprint density at radius 1 is 1.20 bits per heavy atom. The summed E-state index contributed by atoms with van der Waals surface area (Å²) in [5, 5.41) is 1.37. The largest absolute Gasteiger partial charge is 0.437 e. The van der Waals surface area contributed by atoms with Crippen molar-refractivity contribution in [3.8, 4) is 11.3 Å². The quantitative estimate of drug-likeness (QED) is 0.343. The predicted molar refractivity (Wildman–Crippen MR) is 123 cm³/mol. The first-order chi connectivity index (χ1) is 17.9. The van der Waals surface area contributed by atoms with Crippen LogP contribution in [0.4, 0.5) is 0 Å². The molecule has 3 heterocycles. The van der Waals surface area contributed by atoms with Gasteiger partial charge in [0.15, 0.2) is 11.8 Å². The van der Waals surface area contributed by atoms with Gasteiger partial charge in [0.2, 0.25) is 11.4 Å². The van der Waals surface area contributed by atoms with Gasteiger partial charge in [0, 0.05) is 46.8 Å². The van der Waals surface area contributed by atoms with Crippen LogP contribution in [0.3, 0.4) is 0 Å². The van der Waals surface area contributed by atoms with Gasteiger partial charge in [-0.1, -0.05) is 45.2 Å². The molecule has 0 saturated heterocycles. The molecule has 4 aromatic rings. The van der Waals surface area contributed by atoms with Crippen LogP contribution >= 0.6 is 0 Å². The Labute approximate surface area is 191 Å². The summed E-state index contributed by atoms with van der Waals surface area (Å²) in [6, 6.07) is 10.3. The molecule has 1 atom stereocenters. The minimum absolute atomic E-state index is 0.0165. The second-order valence-electron chi connectivity index (χ2n) is 7.90. The molecule has 1 unspecified atom stereocenters. The lowest BCUT2D eigenvalue weighted by molar-refractivity contribution is -0.660. The highest BCUT2D eigenvalue weighted by atomic mass is 16.3. The molecular formula is C27H31N2O+. The van der Waals surface area contributed by atoms with Crippen LogP contribution in [0.2, 0.25) is 0 Å². The molecule has 0 aliphatic heterocycles. The molecule has 1 aliphatic carbocycles. The Hall–Kier alpha value is -2.68. The van der Waals surface area contributed by atoms with Crippen LogP contribution in [-0.4, -0.2) is 4.98 Å². The van der Waals surface area contributed by atoms with E-state index in [0.29, 0.717) is 34.2 Å². The van der Waals surface area contributed by atoms with E-state index in [1.165, 1.54) is 13.0 Å².